The lowest BCUT2D eigenvalue weighted by atomic mass is 9.94. The highest BCUT2D eigenvalue weighted by Gasteiger charge is 2.28. The molecular formula is C25H36N4O5. The minimum atomic E-state index is -1.13. The first kappa shape index (κ1) is 25.9. The van der Waals surface area contributed by atoms with Crippen LogP contribution in [0.2, 0.25) is 0 Å². The van der Waals surface area contributed by atoms with Crippen molar-refractivity contribution in [3.05, 3.63) is 52.3 Å². The van der Waals surface area contributed by atoms with Crippen molar-refractivity contribution in [1.82, 2.24) is 15.1 Å². The molecule has 2 heterocycles. The Hall–Kier alpha value is -2.75. The number of nitrogens with zero attached hydrogens (tertiary/aromatic N) is 2. The third-order valence-corrected chi connectivity index (χ3v) is 5.84. The maximum Gasteiger partial charge on any atom is 0.255 e. The third-order valence-electron chi connectivity index (χ3n) is 5.84. The Morgan fingerprint density at radius 2 is 2.00 bits per heavy atom. The summed E-state index contributed by atoms with van der Waals surface area (Å²) in [5.41, 5.74) is 8.18. The van der Waals surface area contributed by atoms with E-state index in [0.717, 1.165) is 24.2 Å². The molecule has 3 rings (SSSR count). The van der Waals surface area contributed by atoms with E-state index in [1.54, 1.807) is 24.3 Å². The number of aromatic nitrogens is 2. The largest absolute Gasteiger partial charge is 0.381 e. The molecule has 1 aliphatic heterocycles. The molecule has 0 saturated carbocycles. The van der Waals surface area contributed by atoms with E-state index < -0.39 is 12.2 Å². The highest BCUT2D eigenvalue weighted by Crippen LogP contribution is 2.26. The molecule has 0 bridgehead atoms. The van der Waals surface area contributed by atoms with E-state index in [9.17, 15) is 14.7 Å². The van der Waals surface area contributed by atoms with Crippen LogP contribution in [0.5, 0.6) is 0 Å². The Labute approximate surface area is 200 Å². The molecular weight excluding hydrogens is 436 g/mol. The maximum atomic E-state index is 12.9. The second kappa shape index (κ2) is 11.6. The van der Waals surface area contributed by atoms with Crippen LogP contribution in [0.25, 0.3) is 0 Å². The zero-order chi connectivity index (χ0) is 24.7. The van der Waals surface area contributed by atoms with Crippen molar-refractivity contribution in [2.45, 2.75) is 59.3 Å². The van der Waals surface area contributed by atoms with E-state index in [2.05, 4.69) is 5.32 Å². The number of carbonyl (C=O) groups is 2. The highest BCUT2D eigenvalue weighted by atomic mass is 16.6. The van der Waals surface area contributed by atoms with Gasteiger partial charge in [-0.1, -0.05) is 32.9 Å². The Morgan fingerprint density at radius 1 is 1.29 bits per heavy atom. The summed E-state index contributed by atoms with van der Waals surface area (Å²) in [5, 5.41) is 18.2. The summed E-state index contributed by atoms with van der Waals surface area (Å²) < 4.78 is 13.3. The summed E-state index contributed by atoms with van der Waals surface area (Å²) in [6, 6.07) is 6.36. The van der Waals surface area contributed by atoms with Gasteiger partial charge in [-0.05, 0) is 37.8 Å². The summed E-state index contributed by atoms with van der Waals surface area (Å²) in [6.07, 6.45) is 1.82. The van der Waals surface area contributed by atoms with Crippen LogP contribution in [-0.2, 0) is 28.9 Å². The lowest BCUT2D eigenvalue weighted by molar-refractivity contribution is -0.127. The average Bonchev–Trinajstić information content (AvgIpc) is 3.13. The number of aliphatic hydroxyl groups excluding tert-OH is 1. The van der Waals surface area contributed by atoms with Gasteiger partial charge in [0.1, 0.15) is 0 Å². The number of aliphatic hydroxyl groups is 1. The predicted molar refractivity (Wildman–Crippen MR) is 127 cm³/mol. The summed E-state index contributed by atoms with van der Waals surface area (Å²) in [5.74, 6) is -0.602. The van der Waals surface area contributed by atoms with Gasteiger partial charge in [-0.15, -0.1) is 0 Å². The topological polar surface area (TPSA) is 129 Å². The lowest BCUT2D eigenvalue weighted by Crippen LogP contribution is -2.29. The van der Waals surface area contributed by atoms with Crippen LogP contribution in [0, 0.1) is 5.41 Å². The number of hydrogen-bond acceptors (Lipinski definition) is 6. The van der Waals surface area contributed by atoms with Gasteiger partial charge in [0, 0.05) is 42.8 Å². The minimum Gasteiger partial charge on any atom is -0.381 e. The molecule has 0 radical (unpaired) electrons. The quantitative estimate of drug-likeness (QED) is 0.506. The number of amides is 2. The smallest absolute Gasteiger partial charge is 0.255 e. The zero-order valence-corrected chi connectivity index (χ0v) is 20.3. The van der Waals surface area contributed by atoms with Gasteiger partial charge in [-0.3, -0.25) is 14.3 Å². The fraction of sp³-hybridized carbons (Fsp3) is 0.560. The van der Waals surface area contributed by atoms with Crippen molar-refractivity contribution in [3.8, 4) is 0 Å². The second-order valence-electron chi connectivity index (χ2n) is 9.42. The molecule has 34 heavy (non-hydrogen) atoms. The van der Waals surface area contributed by atoms with Crippen molar-refractivity contribution in [2.75, 3.05) is 26.4 Å². The molecule has 0 spiro atoms. The summed E-state index contributed by atoms with van der Waals surface area (Å²) >= 11 is 0. The summed E-state index contributed by atoms with van der Waals surface area (Å²) in [4.78, 5) is 24.2. The number of rotatable bonds is 8. The zero-order valence-electron chi connectivity index (χ0n) is 20.3. The van der Waals surface area contributed by atoms with Crippen LogP contribution in [-0.4, -0.2) is 53.1 Å². The highest BCUT2D eigenvalue weighted by molar-refractivity contribution is 5.96. The molecule has 1 atom stereocenters. The Bertz CT molecular complexity index is 984. The van der Waals surface area contributed by atoms with Gasteiger partial charge in [-0.2, -0.15) is 5.10 Å². The fourth-order valence-electron chi connectivity index (χ4n) is 4.02. The van der Waals surface area contributed by atoms with E-state index in [0.29, 0.717) is 55.8 Å². The van der Waals surface area contributed by atoms with Gasteiger partial charge in [0.2, 0.25) is 5.91 Å². The molecule has 2 aromatic rings. The number of carbonyl (C=O) groups excluding carboxylic acids is 2. The van der Waals surface area contributed by atoms with Crippen LogP contribution in [0.1, 0.15) is 77.6 Å². The number of fused-ring (bicyclic) bond motifs is 1. The number of benzene rings is 1. The van der Waals surface area contributed by atoms with Crippen LogP contribution in [0.3, 0.4) is 0 Å². The molecule has 9 heteroatoms. The van der Waals surface area contributed by atoms with Gasteiger partial charge in [0.15, 0.2) is 6.29 Å². The van der Waals surface area contributed by atoms with E-state index in [1.807, 2.05) is 25.5 Å². The van der Waals surface area contributed by atoms with Crippen molar-refractivity contribution in [2.24, 2.45) is 11.1 Å². The van der Waals surface area contributed by atoms with Gasteiger partial charge < -0.3 is 25.6 Å². The summed E-state index contributed by atoms with van der Waals surface area (Å²) in [7, 11) is 0. The molecule has 4 N–H and O–H groups in total. The first-order valence-electron chi connectivity index (χ1n) is 11.9. The number of ether oxygens (including phenoxy) is 2. The van der Waals surface area contributed by atoms with Crippen molar-refractivity contribution in [3.63, 3.8) is 0 Å². The van der Waals surface area contributed by atoms with Gasteiger partial charge in [0.25, 0.3) is 5.91 Å². The number of aryl methyl sites for hydroxylation is 1. The van der Waals surface area contributed by atoms with Crippen molar-refractivity contribution >= 4 is 11.8 Å². The number of hydrogen-bond donors (Lipinski definition) is 3. The van der Waals surface area contributed by atoms with Gasteiger partial charge >= 0.3 is 0 Å². The maximum absolute atomic E-state index is 12.9. The second-order valence-corrected chi connectivity index (χ2v) is 9.42. The lowest BCUT2D eigenvalue weighted by Gasteiger charge is -2.27. The number of nitrogens with two attached hydrogens (primary N) is 1. The monoisotopic (exact) mass is 472 g/mol. The molecule has 186 valence electrons. The molecule has 2 amide bonds. The molecule has 0 aliphatic carbocycles. The van der Waals surface area contributed by atoms with E-state index in [4.69, 9.17) is 20.3 Å². The van der Waals surface area contributed by atoms with E-state index in [1.165, 1.54) is 0 Å². The first-order valence-corrected chi connectivity index (χ1v) is 11.9. The Balaban J connectivity index is 1.73. The predicted octanol–water partition coefficient (Wildman–Crippen LogP) is 2.36. The fourth-order valence-corrected chi connectivity index (χ4v) is 4.02. The minimum absolute atomic E-state index is 0.0797. The molecule has 1 aromatic heterocycles. The molecule has 1 aromatic carbocycles. The average molecular weight is 473 g/mol. The van der Waals surface area contributed by atoms with E-state index in [-0.39, 0.29) is 17.9 Å². The van der Waals surface area contributed by atoms with Gasteiger partial charge in [0.05, 0.1) is 23.6 Å². The van der Waals surface area contributed by atoms with Crippen LogP contribution in [0.15, 0.2) is 24.3 Å². The van der Waals surface area contributed by atoms with Crippen LogP contribution in [0.4, 0.5) is 0 Å². The molecule has 1 aliphatic rings. The Kier molecular flexibility index (Phi) is 8.82. The van der Waals surface area contributed by atoms with Crippen molar-refractivity contribution < 1.29 is 24.2 Å². The SMILES string of the molecule is CCc1nn(CC(C)(C)COC(O)c2ccc(C(N)=O)cc2)c2c1C(=O)NCCCOCCC2. The normalized spacial score (nSPS) is 16.3. The van der Waals surface area contributed by atoms with Crippen LogP contribution < -0.4 is 11.1 Å². The first-order chi connectivity index (χ1) is 16.2. The summed E-state index contributed by atoms with van der Waals surface area (Å²) in [6.45, 7) is 8.71. The third kappa shape index (κ3) is 6.65. The molecule has 0 fully saturated rings. The van der Waals surface area contributed by atoms with Crippen molar-refractivity contribution in [1.29, 1.82) is 0 Å². The number of primary amides is 1. The Morgan fingerprint density at radius 3 is 2.68 bits per heavy atom. The standard InChI is InChI=1S/C25H36N4O5/c1-4-19-21-20(7-5-13-33-14-6-12-27-23(21)31)29(28-19)15-25(2,3)16-34-24(32)18-10-8-17(9-11-18)22(26)30/h8-11,24,32H,4-7,12-16H2,1-3H3,(H2,26,30)(H,27,31). The van der Waals surface area contributed by atoms with Crippen LogP contribution >= 0.6 is 0 Å². The molecule has 0 saturated heterocycles. The molecule has 9 nitrogen and oxygen atoms in total. The van der Waals surface area contributed by atoms with Gasteiger partial charge in [-0.25, -0.2) is 0 Å². The van der Waals surface area contributed by atoms with E-state index >= 15 is 0 Å². The molecule has 1 unspecified atom stereocenters. The number of nitrogens with one attached hydrogen (secondary N) is 1.